The van der Waals surface area contributed by atoms with Crippen molar-refractivity contribution in [1.29, 1.82) is 0 Å². The minimum absolute atomic E-state index is 0.169. The van der Waals surface area contributed by atoms with Gasteiger partial charge in [0.25, 0.3) is 0 Å². The summed E-state index contributed by atoms with van der Waals surface area (Å²) in [4.78, 5) is 4.26. The molecule has 96 valence electrons. The van der Waals surface area contributed by atoms with Crippen LogP contribution in [0.4, 0.5) is 5.69 Å². The molecule has 1 heterocycles. The van der Waals surface area contributed by atoms with Crippen LogP contribution >= 0.6 is 0 Å². The molecule has 7 heteroatoms. The molecule has 0 atom stereocenters. The Morgan fingerprint density at radius 3 is 2.67 bits per heavy atom. The molecular formula is C11H14N4O2S. The van der Waals surface area contributed by atoms with Gasteiger partial charge in [-0.25, -0.2) is 18.1 Å². The van der Waals surface area contributed by atoms with E-state index >= 15 is 0 Å². The standard InChI is InChI=1S/C11H14N4O2S/c1-8-14-5-6-15(8)11-7-9(3-4-10(11)12)18(16,17)13-2/h3-7,13H,12H2,1-2H3. The highest BCUT2D eigenvalue weighted by Gasteiger charge is 2.14. The van der Waals surface area contributed by atoms with Crippen LogP contribution in [-0.2, 0) is 10.0 Å². The van der Waals surface area contributed by atoms with Gasteiger partial charge in [-0.3, -0.25) is 0 Å². The van der Waals surface area contributed by atoms with Gasteiger partial charge in [-0.05, 0) is 32.2 Å². The van der Waals surface area contributed by atoms with Crippen molar-refractivity contribution in [2.24, 2.45) is 0 Å². The quantitative estimate of drug-likeness (QED) is 0.799. The fraction of sp³-hybridized carbons (Fsp3) is 0.182. The number of aryl methyl sites for hydroxylation is 1. The maximum atomic E-state index is 11.7. The van der Waals surface area contributed by atoms with E-state index in [4.69, 9.17) is 5.73 Å². The van der Waals surface area contributed by atoms with Gasteiger partial charge in [0, 0.05) is 12.4 Å². The van der Waals surface area contributed by atoms with Gasteiger partial charge in [-0.15, -0.1) is 0 Å². The van der Waals surface area contributed by atoms with Crippen LogP contribution in [0.5, 0.6) is 0 Å². The van der Waals surface area contributed by atoms with E-state index in [-0.39, 0.29) is 4.90 Å². The number of benzene rings is 1. The lowest BCUT2D eigenvalue weighted by Crippen LogP contribution is -2.19. The average molecular weight is 266 g/mol. The first-order chi connectivity index (χ1) is 8.45. The first kappa shape index (κ1) is 12.6. The number of nitrogens with two attached hydrogens (primary N) is 1. The van der Waals surface area contributed by atoms with E-state index in [1.54, 1.807) is 23.0 Å². The van der Waals surface area contributed by atoms with E-state index in [1.807, 2.05) is 6.92 Å². The van der Waals surface area contributed by atoms with E-state index in [0.717, 1.165) is 5.82 Å². The molecule has 0 aliphatic carbocycles. The first-order valence-corrected chi connectivity index (χ1v) is 6.77. The van der Waals surface area contributed by atoms with Crippen LogP contribution in [0.3, 0.4) is 0 Å². The van der Waals surface area contributed by atoms with Crippen LogP contribution in [0, 0.1) is 6.92 Å². The van der Waals surface area contributed by atoms with Gasteiger partial charge in [-0.2, -0.15) is 0 Å². The normalized spacial score (nSPS) is 11.7. The highest BCUT2D eigenvalue weighted by atomic mass is 32.2. The second-order valence-electron chi connectivity index (χ2n) is 3.77. The van der Waals surface area contributed by atoms with Gasteiger partial charge in [0.15, 0.2) is 0 Å². The maximum Gasteiger partial charge on any atom is 0.240 e. The zero-order chi connectivity index (χ0) is 13.3. The zero-order valence-electron chi connectivity index (χ0n) is 10.1. The number of aromatic nitrogens is 2. The van der Waals surface area contributed by atoms with Crippen molar-refractivity contribution in [3.8, 4) is 5.69 Å². The highest BCUT2D eigenvalue weighted by Crippen LogP contribution is 2.22. The number of nitrogens with zero attached hydrogens (tertiary/aromatic N) is 2. The molecule has 1 aromatic heterocycles. The lowest BCUT2D eigenvalue weighted by molar-refractivity contribution is 0.588. The van der Waals surface area contributed by atoms with Crippen molar-refractivity contribution in [1.82, 2.24) is 14.3 Å². The van der Waals surface area contributed by atoms with Crippen molar-refractivity contribution in [2.45, 2.75) is 11.8 Å². The van der Waals surface area contributed by atoms with Crippen molar-refractivity contribution < 1.29 is 8.42 Å². The van der Waals surface area contributed by atoms with E-state index in [9.17, 15) is 8.42 Å². The molecule has 6 nitrogen and oxygen atoms in total. The number of hydrogen-bond acceptors (Lipinski definition) is 4. The molecule has 0 aliphatic heterocycles. The lowest BCUT2D eigenvalue weighted by Gasteiger charge is -2.11. The van der Waals surface area contributed by atoms with Gasteiger partial charge in [-0.1, -0.05) is 0 Å². The second-order valence-corrected chi connectivity index (χ2v) is 5.66. The summed E-state index contributed by atoms with van der Waals surface area (Å²) in [6.07, 6.45) is 3.37. The summed E-state index contributed by atoms with van der Waals surface area (Å²) in [5.74, 6) is 0.737. The summed E-state index contributed by atoms with van der Waals surface area (Å²) in [5.41, 5.74) is 6.96. The number of anilines is 1. The lowest BCUT2D eigenvalue weighted by atomic mass is 10.2. The zero-order valence-corrected chi connectivity index (χ0v) is 10.9. The third kappa shape index (κ3) is 2.09. The summed E-state index contributed by atoms with van der Waals surface area (Å²) in [6.45, 7) is 1.82. The Bertz CT molecular complexity index is 676. The SMILES string of the molecule is CNS(=O)(=O)c1ccc(N)c(-n2ccnc2C)c1. The highest BCUT2D eigenvalue weighted by molar-refractivity contribution is 7.89. The summed E-state index contributed by atoms with van der Waals surface area (Å²) in [6, 6.07) is 4.56. The molecule has 0 spiro atoms. The van der Waals surface area contributed by atoms with Crippen LogP contribution in [0.1, 0.15) is 5.82 Å². The Morgan fingerprint density at radius 2 is 2.11 bits per heavy atom. The van der Waals surface area contributed by atoms with Crippen molar-refractivity contribution >= 4 is 15.7 Å². The minimum atomic E-state index is -3.48. The summed E-state index contributed by atoms with van der Waals surface area (Å²) >= 11 is 0. The largest absolute Gasteiger partial charge is 0.397 e. The van der Waals surface area contributed by atoms with E-state index in [2.05, 4.69) is 9.71 Å². The van der Waals surface area contributed by atoms with Gasteiger partial charge >= 0.3 is 0 Å². The maximum absolute atomic E-state index is 11.7. The predicted molar refractivity (Wildman–Crippen MR) is 69.0 cm³/mol. The first-order valence-electron chi connectivity index (χ1n) is 5.29. The summed E-state index contributed by atoms with van der Waals surface area (Å²) < 4.78 is 27.5. The van der Waals surface area contributed by atoms with Crippen LogP contribution in [0.25, 0.3) is 5.69 Å². The number of imidazole rings is 1. The van der Waals surface area contributed by atoms with E-state index < -0.39 is 10.0 Å². The summed E-state index contributed by atoms with van der Waals surface area (Å²) in [7, 11) is -2.11. The van der Waals surface area contributed by atoms with E-state index in [1.165, 1.54) is 19.2 Å². The molecule has 0 unspecified atom stereocenters. The Kier molecular flexibility index (Phi) is 3.10. The van der Waals surface area contributed by atoms with Crippen LogP contribution < -0.4 is 10.5 Å². The van der Waals surface area contributed by atoms with Gasteiger partial charge in [0.05, 0.1) is 16.3 Å². The Balaban J connectivity index is 2.63. The third-order valence-corrected chi connectivity index (χ3v) is 4.08. The molecular weight excluding hydrogens is 252 g/mol. The molecule has 3 N–H and O–H groups in total. The summed E-state index contributed by atoms with van der Waals surface area (Å²) in [5, 5.41) is 0. The molecule has 18 heavy (non-hydrogen) atoms. The van der Waals surface area contributed by atoms with Crippen LogP contribution in [0.15, 0.2) is 35.5 Å². The number of nitrogen functional groups attached to an aromatic ring is 1. The number of hydrogen-bond donors (Lipinski definition) is 2. The molecule has 0 fully saturated rings. The molecule has 0 bridgehead atoms. The van der Waals surface area contributed by atoms with Crippen molar-refractivity contribution in [3.63, 3.8) is 0 Å². The van der Waals surface area contributed by atoms with Crippen molar-refractivity contribution in [3.05, 3.63) is 36.4 Å². The van der Waals surface area contributed by atoms with Gasteiger partial charge in [0.2, 0.25) is 10.0 Å². The van der Waals surface area contributed by atoms with Crippen LogP contribution in [-0.4, -0.2) is 25.0 Å². The second kappa shape index (κ2) is 4.43. The van der Waals surface area contributed by atoms with Gasteiger partial charge < -0.3 is 10.3 Å². The molecule has 0 saturated heterocycles. The van der Waals surface area contributed by atoms with Crippen molar-refractivity contribution in [2.75, 3.05) is 12.8 Å². The number of rotatable bonds is 3. The van der Waals surface area contributed by atoms with E-state index in [0.29, 0.717) is 11.4 Å². The predicted octanol–water partition coefficient (Wildman–Crippen LogP) is 0.671. The topological polar surface area (TPSA) is 90.0 Å². The Morgan fingerprint density at radius 1 is 1.39 bits per heavy atom. The molecule has 0 radical (unpaired) electrons. The van der Waals surface area contributed by atoms with Crippen LogP contribution in [0.2, 0.25) is 0 Å². The minimum Gasteiger partial charge on any atom is -0.397 e. The third-order valence-electron chi connectivity index (χ3n) is 2.67. The van der Waals surface area contributed by atoms with Gasteiger partial charge in [0.1, 0.15) is 5.82 Å². The monoisotopic (exact) mass is 266 g/mol. The number of sulfonamides is 1. The molecule has 1 aromatic carbocycles. The smallest absolute Gasteiger partial charge is 0.240 e. The molecule has 0 amide bonds. The molecule has 0 aliphatic rings. The average Bonchev–Trinajstić information content (AvgIpc) is 2.76. The molecule has 0 saturated carbocycles. The fourth-order valence-corrected chi connectivity index (χ4v) is 2.40. The fourth-order valence-electron chi connectivity index (χ4n) is 1.65. The Hall–Kier alpha value is -1.86. The molecule has 2 rings (SSSR count). The Labute approximate surface area is 106 Å². The molecule has 2 aromatic rings. The number of nitrogens with one attached hydrogen (secondary N) is 1.